The molecular formula is C14H20SSi2. The molecule has 1 aromatic carbocycles. The van der Waals surface area contributed by atoms with Gasteiger partial charge in [-0.25, -0.2) is 0 Å². The average molecular weight is 277 g/mol. The lowest BCUT2D eigenvalue weighted by atomic mass is 10.2. The largest absolute Gasteiger partial charge is 0.149 e. The standard InChI is InChI=1S/C14H20SSi2/c16-14(17-13-8-2-1-3-9-13)10-4-6-12-7-5-11-15-12/h1-3,5,7-9,11,14H,4,6,10,17H2,16H3. The van der Waals surface area contributed by atoms with E-state index in [9.17, 15) is 0 Å². The van der Waals surface area contributed by atoms with Crippen LogP contribution in [-0.2, 0) is 6.42 Å². The molecule has 2 aromatic rings. The minimum Gasteiger partial charge on any atom is -0.149 e. The van der Waals surface area contributed by atoms with Crippen molar-refractivity contribution in [1.82, 2.24) is 0 Å². The monoisotopic (exact) mass is 276 g/mol. The Kier molecular flexibility index (Phi) is 5.22. The third kappa shape index (κ3) is 4.62. The number of thiophene rings is 1. The van der Waals surface area contributed by atoms with Crippen molar-refractivity contribution in [3.05, 3.63) is 52.7 Å². The molecule has 0 aliphatic carbocycles. The molecule has 0 N–H and O–H groups in total. The Balaban J connectivity index is 1.69. The molecule has 1 unspecified atom stereocenters. The summed E-state index contributed by atoms with van der Waals surface area (Å²) in [5.74, 6) is 0. The summed E-state index contributed by atoms with van der Waals surface area (Å²) in [5, 5.41) is 4.90. The zero-order valence-corrected chi connectivity index (χ0v) is 14.7. The predicted octanol–water partition coefficient (Wildman–Crippen LogP) is 1.68. The van der Waals surface area contributed by atoms with E-state index in [1.807, 2.05) is 11.3 Å². The fraction of sp³-hybridized carbons (Fsp3) is 0.286. The molecule has 1 aromatic heterocycles. The maximum absolute atomic E-state index is 2.32. The molecule has 0 saturated heterocycles. The number of benzene rings is 1. The van der Waals surface area contributed by atoms with Gasteiger partial charge in [-0.3, -0.25) is 0 Å². The lowest BCUT2D eigenvalue weighted by Crippen LogP contribution is -2.19. The van der Waals surface area contributed by atoms with Crippen LogP contribution in [0.5, 0.6) is 0 Å². The van der Waals surface area contributed by atoms with Gasteiger partial charge in [0.1, 0.15) is 0 Å². The van der Waals surface area contributed by atoms with Crippen LogP contribution in [0.3, 0.4) is 0 Å². The molecule has 0 amide bonds. The van der Waals surface area contributed by atoms with E-state index in [2.05, 4.69) is 47.8 Å². The van der Waals surface area contributed by atoms with Gasteiger partial charge in [-0.2, -0.15) is 0 Å². The van der Waals surface area contributed by atoms with E-state index in [0.717, 1.165) is 5.16 Å². The normalized spacial score (nSPS) is 13.4. The summed E-state index contributed by atoms with van der Waals surface area (Å²) >= 11 is 1.90. The third-order valence-corrected chi connectivity index (χ3v) is 7.91. The highest BCUT2D eigenvalue weighted by Gasteiger charge is 2.04. The molecule has 0 saturated carbocycles. The Hall–Kier alpha value is -0.646. The first-order valence-electron chi connectivity index (χ1n) is 6.41. The molecule has 0 bridgehead atoms. The fourth-order valence-electron chi connectivity index (χ4n) is 2.20. The number of hydrogen-bond donors (Lipinski definition) is 0. The quantitative estimate of drug-likeness (QED) is 0.704. The van der Waals surface area contributed by atoms with Crippen molar-refractivity contribution in [2.24, 2.45) is 0 Å². The SMILES string of the molecule is [SiH3]C(CCCc1cccs1)[SiH2]c1ccccc1. The average Bonchev–Trinajstić information content (AvgIpc) is 2.83. The number of aryl methyl sites for hydroxylation is 1. The zero-order chi connectivity index (χ0) is 11.9. The molecule has 0 radical (unpaired) electrons. The van der Waals surface area contributed by atoms with Gasteiger partial charge in [-0.1, -0.05) is 53.2 Å². The van der Waals surface area contributed by atoms with Gasteiger partial charge in [-0.15, -0.1) is 11.3 Å². The van der Waals surface area contributed by atoms with Crippen LogP contribution in [0.2, 0.25) is 5.16 Å². The van der Waals surface area contributed by atoms with E-state index in [-0.39, 0.29) is 9.52 Å². The molecular weight excluding hydrogens is 256 g/mol. The molecule has 0 fully saturated rings. The van der Waals surface area contributed by atoms with E-state index in [0.29, 0.717) is 0 Å². The highest BCUT2D eigenvalue weighted by atomic mass is 32.1. The fourth-order valence-corrected chi connectivity index (χ4v) is 6.61. The Labute approximate surface area is 113 Å². The number of hydrogen-bond acceptors (Lipinski definition) is 1. The molecule has 17 heavy (non-hydrogen) atoms. The van der Waals surface area contributed by atoms with Gasteiger partial charge in [0, 0.05) is 15.1 Å². The molecule has 0 aliphatic rings. The van der Waals surface area contributed by atoms with Gasteiger partial charge in [0.05, 0.1) is 9.52 Å². The summed E-state index contributed by atoms with van der Waals surface area (Å²) in [6.07, 6.45) is 4.12. The first-order chi connectivity index (χ1) is 8.34. The van der Waals surface area contributed by atoms with Crippen molar-refractivity contribution in [1.29, 1.82) is 0 Å². The molecule has 1 atom stereocenters. The summed E-state index contributed by atoms with van der Waals surface area (Å²) in [7, 11) is 1.36. The van der Waals surface area contributed by atoms with Gasteiger partial charge in [-0.05, 0) is 24.3 Å². The van der Waals surface area contributed by atoms with Crippen LogP contribution >= 0.6 is 11.3 Å². The van der Waals surface area contributed by atoms with Crippen LogP contribution in [-0.4, -0.2) is 19.8 Å². The van der Waals surface area contributed by atoms with Crippen LogP contribution in [0.1, 0.15) is 17.7 Å². The molecule has 0 spiro atoms. The second-order valence-electron chi connectivity index (χ2n) is 4.77. The predicted molar refractivity (Wildman–Crippen MR) is 85.6 cm³/mol. The summed E-state index contributed by atoms with van der Waals surface area (Å²) in [6.45, 7) is 0. The molecule has 1 heterocycles. The van der Waals surface area contributed by atoms with Crippen molar-refractivity contribution >= 4 is 36.3 Å². The number of rotatable bonds is 6. The zero-order valence-electron chi connectivity index (χ0n) is 10.4. The van der Waals surface area contributed by atoms with Gasteiger partial charge < -0.3 is 0 Å². The Morgan fingerprint density at radius 2 is 1.94 bits per heavy atom. The summed E-state index contributed by atoms with van der Waals surface area (Å²) in [6, 6.07) is 15.5. The van der Waals surface area contributed by atoms with Crippen molar-refractivity contribution < 1.29 is 0 Å². The maximum atomic E-state index is 2.32. The van der Waals surface area contributed by atoms with Crippen LogP contribution < -0.4 is 5.19 Å². The van der Waals surface area contributed by atoms with E-state index in [4.69, 9.17) is 0 Å². The van der Waals surface area contributed by atoms with Crippen LogP contribution in [0.25, 0.3) is 0 Å². The van der Waals surface area contributed by atoms with Crippen LogP contribution in [0.4, 0.5) is 0 Å². The minimum absolute atomic E-state index is 0.00903. The third-order valence-electron chi connectivity index (χ3n) is 3.13. The van der Waals surface area contributed by atoms with Gasteiger partial charge in [0.15, 0.2) is 0 Å². The summed E-state index contributed by atoms with van der Waals surface area (Å²) in [4.78, 5) is 1.56. The van der Waals surface area contributed by atoms with Crippen molar-refractivity contribution in [2.75, 3.05) is 0 Å². The van der Waals surface area contributed by atoms with Crippen molar-refractivity contribution in [3.8, 4) is 0 Å². The minimum atomic E-state index is -0.00903. The lowest BCUT2D eigenvalue weighted by molar-refractivity contribution is 0.778. The van der Waals surface area contributed by atoms with Gasteiger partial charge >= 0.3 is 0 Å². The summed E-state index contributed by atoms with van der Waals surface area (Å²) in [5.41, 5.74) is 0. The topological polar surface area (TPSA) is 0 Å². The van der Waals surface area contributed by atoms with Crippen LogP contribution in [0.15, 0.2) is 47.8 Å². The van der Waals surface area contributed by atoms with Crippen LogP contribution in [0, 0.1) is 0 Å². The maximum Gasteiger partial charge on any atom is 0.0544 e. The first kappa shape index (κ1) is 12.8. The van der Waals surface area contributed by atoms with Crippen molar-refractivity contribution in [3.63, 3.8) is 0 Å². The lowest BCUT2D eigenvalue weighted by Gasteiger charge is -2.09. The highest BCUT2D eigenvalue weighted by molar-refractivity contribution is 7.09. The Morgan fingerprint density at radius 3 is 2.65 bits per heavy atom. The van der Waals surface area contributed by atoms with Gasteiger partial charge in [0.2, 0.25) is 0 Å². The first-order valence-corrected chi connectivity index (χ1v) is 9.96. The molecule has 2 rings (SSSR count). The second kappa shape index (κ2) is 6.94. The molecule has 90 valence electrons. The smallest absolute Gasteiger partial charge is 0.0544 e. The highest BCUT2D eigenvalue weighted by Crippen LogP contribution is 2.15. The Morgan fingerprint density at radius 1 is 1.12 bits per heavy atom. The molecule has 0 nitrogen and oxygen atoms in total. The van der Waals surface area contributed by atoms with Crippen molar-refractivity contribution in [2.45, 2.75) is 24.4 Å². The summed E-state index contributed by atoms with van der Waals surface area (Å²) < 4.78 is 0. The van der Waals surface area contributed by atoms with E-state index < -0.39 is 0 Å². The second-order valence-corrected chi connectivity index (χ2v) is 11.7. The van der Waals surface area contributed by atoms with E-state index >= 15 is 0 Å². The molecule has 0 aliphatic heterocycles. The van der Waals surface area contributed by atoms with Gasteiger partial charge in [0.25, 0.3) is 0 Å². The molecule has 3 heteroatoms. The Bertz CT molecular complexity index is 411. The van der Waals surface area contributed by atoms with E-state index in [1.54, 1.807) is 10.1 Å². The van der Waals surface area contributed by atoms with E-state index in [1.165, 1.54) is 29.5 Å².